The van der Waals surface area contributed by atoms with Crippen LogP contribution in [-0.4, -0.2) is 42.5 Å². The monoisotopic (exact) mass is 275 g/mol. The van der Waals surface area contributed by atoms with Gasteiger partial charge in [-0.2, -0.15) is 0 Å². The number of carbonyl (C=O) groups is 1. The average Bonchev–Trinajstić information content (AvgIpc) is 2.43. The number of carbonyl (C=O) groups excluding carboxylic acids is 1. The number of nitrogens with zero attached hydrogens (tertiary/aromatic N) is 2. The predicted molar refractivity (Wildman–Crippen MR) is 76.7 cm³/mol. The fraction of sp³-hybridized carbons (Fsp3) is 0.600. The maximum atomic E-state index is 12.2. The fourth-order valence-electron chi connectivity index (χ4n) is 3.21. The lowest BCUT2D eigenvalue weighted by molar-refractivity contribution is -0.118. The normalized spacial score (nSPS) is 27.8. The number of rotatable bonds is 0. The van der Waals surface area contributed by atoms with Gasteiger partial charge in [0.2, 0.25) is 11.8 Å². The van der Waals surface area contributed by atoms with Crippen molar-refractivity contribution >= 4 is 11.6 Å². The lowest BCUT2D eigenvalue weighted by Crippen LogP contribution is -2.40. The van der Waals surface area contributed by atoms with Crippen molar-refractivity contribution in [2.24, 2.45) is 11.8 Å². The molecule has 0 saturated carbocycles. The van der Waals surface area contributed by atoms with Gasteiger partial charge in [0.1, 0.15) is 5.69 Å². The fourth-order valence-corrected chi connectivity index (χ4v) is 3.21. The molecule has 0 unspecified atom stereocenters. The van der Waals surface area contributed by atoms with E-state index in [4.69, 9.17) is 4.74 Å². The number of hydrogen-bond donors (Lipinski definition) is 1. The molecule has 3 rings (SSSR count). The Morgan fingerprint density at radius 1 is 1.40 bits per heavy atom. The van der Waals surface area contributed by atoms with E-state index in [0.717, 1.165) is 25.9 Å². The number of pyridine rings is 1. The van der Waals surface area contributed by atoms with Crippen LogP contribution in [0.2, 0.25) is 0 Å². The Labute approximate surface area is 119 Å². The highest BCUT2D eigenvalue weighted by atomic mass is 16.5. The first kappa shape index (κ1) is 13.4. The van der Waals surface area contributed by atoms with E-state index in [1.54, 1.807) is 6.20 Å². The lowest BCUT2D eigenvalue weighted by atomic mass is 9.81. The van der Waals surface area contributed by atoms with E-state index in [1.165, 1.54) is 0 Å². The molecule has 0 aromatic carbocycles. The SMILES string of the molecule is CN1CC[C@H]2CC(=O)Nc3cccnc3OCC[C@H]2C1. The van der Waals surface area contributed by atoms with Gasteiger partial charge in [-0.1, -0.05) is 0 Å². The first-order valence-corrected chi connectivity index (χ1v) is 7.28. The maximum absolute atomic E-state index is 12.2. The van der Waals surface area contributed by atoms with Crippen molar-refractivity contribution in [2.75, 3.05) is 32.1 Å². The van der Waals surface area contributed by atoms with Crippen LogP contribution in [0.25, 0.3) is 0 Å². The van der Waals surface area contributed by atoms with Crippen molar-refractivity contribution in [2.45, 2.75) is 19.3 Å². The summed E-state index contributed by atoms with van der Waals surface area (Å²) in [5.74, 6) is 1.60. The molecule has 1 N–H and O–H groups in total. The average molecular weight is 275 g/mol. The van der Waals surface area contributed by atoms with Gasteiger partial charge in [-0.25, -0.2) is 4.98 Å². The molecule has 2 aliphatic rings. The van der Waals surface area contributed by atoms with Gasteiger partial charge in [0.05, 0.1) is 6.61 Å². The second-order valence-electron chi connectivity index (χ2n) is 5.82. The summed E-state index contributed by atoms with van der Waals surface area (Å²) >= 11 is 0. The van der Waals surface area contributed by atoms with E-state index in [2.05, 4.69) is 22.2 Å². The number of hydrogen-bond acceptors (Lipinski definition) is 4. The smallest absolute Gasteiger partial charge is 0.237 e. The Balaban J connectivity index is 1.79. The Hall–Kier alpha value is -1.62. The van der Waals surface area contributed by atoms with Crippen LogP contribution in [0.15, 0.2) is 18.3 Å². The minimum Gasteiger partial charge on any atom is -0.476 e. The highest BCUT2D eigenvalue weighted by Gasteiger charge is 2.30. The quantitative estimate of drug-likeness (QED) is 0.784. The van der Waals surface area contributed by atoms with E-state index in [1.807, 2.05) is 12.1 Å². The Bertz CT molecular complexity index is 492. The van der Waals surface area contributed by atoms with Gasteiger partial charge in [-0.15, -0.1) is 0 Å². The molecule has 1 aromatic rings. The molecular formula is C15H21N3O2. The zero-order chi connectivity index (χ0) is 13.9. The molecular weight excluding hydrogens is 254 g/mol. The summed E-state index contributed by atoms with van der Waals surface area (Å²) in [6.07, 6.45) is 4.37. The highest BCUT2D eigenvalue weighted by molar-refractivity contribution is 5.92. The number of amides is 1. The molecule has 0 spiro atoms. The molecule has 2 aliphatic heterocycles. The van der Waals surface area contributed by atoms with Crippen molar-refractivity contribution in [3.05, 3.63) is 18.3 Å². The summed E-state index contributed by atoms with van der Waals surface area (Å²) in [5, 5.41) is 2.93. The largest absolute Gasteiger partial charge is 0.476 e. The van der Waals surface area contributed by atoms with Crippen LogP contribution in [-0.2, 0) is 4.79 Å². The number of piperidine rings is 1. The number of fused-ring (bicyclic) bond motifs is 2. The first-order valence-electron chi connectivity index (χ1n) is 7.28. The third kappa shape index (κ3) is 2.93. The second-order valence-corrected chi connectivity index (χ2v) is 5.82. The van der Waals surface area contributed by atoms with Crippen LogP contribution in [0.4, 0.5) is 5.69 Å². The van der Waals surface area contributed by atoms with Crippen LogP contribution >= 0.6 is 0 Å². The van der Waals surface area contributed by atoms with Crippen LogP contribution in [0.5, 0.6) is 5.88 Å². The number of ether oxygens (including phenoxy) is 1. The van der Waals surface area contributed by atoms with Gasteiger partial charge in [-0.3, -0.25) is 4.79 Å². The highest BCUT2D eigenvalue weighted by Crippen LogP contribution is 2.31. The molecule has 5 nitrogen and oxygen atoms in total. The van der Waals surface area contributed by atoms with Crippen LogP contribution in [0.3, 0.4) is 0 Å². The molecule has 108 valence electrons. The van der Waals surface area contributed by atoms with Gasteiger partial charge in [0, 0.05) is 19.2 Å². The third-order valence-electron chi connectivity index (χ3n) is 4.31. The zero-order valence-electron chi connectivity index (χ0n) is 11.8. The second kappa shape index (κ2) is 5.79. The van der Waals surface area contributed by atoms with Crippen molar-refractivity contribution in [3.8, 4) is 5.88 Å². The molecule has 1 aromatic heterocycles. The lowest BCUT2D eigenvalue weighted by Gasteiger charge is -2.37. The Morgan fingerprint density at radius 3 is 3.20 bits per heavy atom. The van der Waals surface area contributed by atoms with Gasteiger partial charge >= 0.3 is 0 Å². The van der Waals surface area contributed by atoms with E-state index in [-0.39, 0.29) is 5.91 Å². The van der Waals surface area contributed by atoms with E-state index >= 15 is 0 Å². The minimum absolute atomic E-state index is 0.0734. The third-order valence-corrected chi connectivity index (χ3v) is 4.31. The summed E-state index contributed by atoms with van der Waals surface area (Å²) in [5.41, 5.74) is 0.684. The molecule has 0 bridgehead atoms. The molecule has 20 heavy (non-hydrogen) atoms. The molecule has 0 aliphatic carbocycles. The topological polar surface area (TPSA) is 54.5 Å². The van der Waals surface area contributed by atoms with Crippen LogP contribution in [0.1, 0.15) is 19.3 Å². The van der Waals surface area contributed by atoms with Gasteiger partial charge in [0.15, 0.2) is 0 Å². The number of nitrogens with one attached hydrogen (secondary N) is 1. The van der Waals surface area contributed by atoms with Crippen molar-refractivity contribution in [1.82, 2.24) is 9.88 Å². The maximum Gasteiger partial charge on any atom is 0.237 e. The van der Waals surface area contributed by atoms with Crippen LogP contribution in [0, 0.1) is 11.8 Å². The number of likely N-dealkylation sites (tertiary alicyclic amines) is 1. The molecule has 2 atom stereocenters. The summed E-state index contributed by atoms with van der Waals surface area (Å²) < 4.78 is 5.75. The zero-order valence-corrected chi connectivity index (χ0v) is 11.8. The van der Waals surface area contributed by atoms with Gasteiger partial charge in [-0.05, 0) is 50.4 Å². The van der Waals surface area contributed by atoms with Crippen LogP contribution < -0.4 is 10.1 Å². The van der Waals surface area contributed by atoms with Crippen molar-refractivity contribution in [3.63, 3.8) is 0 Å². The molecule has 0 radical (unpaired) electrons. The number of anilines is 1. The Morgan fingerprint density at radius 2 is 2.30 bits per heavy atom. The van der Waals surface area contributed by atoms with E-state index in [0.29, 0.717) is 36.4 Å². The minimum atomic E-state index is 0.0734. The standard InChI is InChI=1S/C15H21N3O2/c1-18-7-4-11-9-14(19)17-13-3-2-6-16-15(13)20-8-5-12(11)10-18/h2-3,6,11-12H,4-5,7-10H2,1H3,(H,17,19)/t11-,12-/m0/s1. The molecule has 5 heteroatoms. The summed E-state index contributed by atoms with van der Waals surface area (Å²) in [4.78, 5) is 18.7. The predicted octanol–water partition coefficient (Wildman–Crippen LogP) is 1.76. The van der Waals surface area contributed by atoms with E-state index in [9.17, 15) is 4.79 Å². The molecule has 1 fully saturated rings. The first-order chi connectivity index (χ1) is 9.72. The van der Waals surface area contributed by atoms with Crippen molar-refractivity contribution in [1.29, 1.82) is 0 Å². The molecule has 3 heterocycles. The van der Waals surface area contributed by atoms with Gasteiger partial charge in [0.25, 0.3) is 0 Å². The summed E-state index contributed by atoms with van der Waals surface area (Å²) in [6.45, 7) is 2.79. The summed E-state index contributed by atoms with van der Waals surface area (Å²) in [6, 6.07) is 3.65. The van der Waals surface area contributed by atoms with E-state index < -0.39 is 0 Å². The molecule has 1 saturated heterocycles. The number of aromatic nitrogens is 1. The molecule has 1 amide bonds. The van der Waals surface area contributed by atoms with Gasteiger partial charge < -0.3 is 15.0 Å². The summed E-state index contributed by atoms with van der Waals surface area (Å²) in [7, 11) is 2.15. The Kier molecular flexibility index (Phi) is 3.87. The van der Waals surface area contributed by atoms with Crippen molar-refractivity contribution < 1.29 is 9.53 Å².